The van der Waals surface area contributed by atoms with E-state index in [1.807, 2.05) is 54.6 Å². The first kappa shape index (κ1) is 20.3. The molecule has 0 amide bonds. The van der Waals surface area contributed by atoms with Crippen molar-refractivity contribution in [1.82, 2.24) is 10.1 Å². The zero-order chi connectivity index (χ0) is 22.0. The van der Waals surface area contributed by atoms with Crippen molar-refractivity contribution in [3.05, 3.63) is 82.9 Å². The summed E-state index contributed by atoms with van der Waals surface area (Å²) in [6.07, 6.45) is 0. The summed E-state index contributed by atoms with van der Waals surface area (Å²) in [7, 11) is 1.31. The first-order valence-corrected chi connectivity index (χ1v) is 9.66. The Morgan fingerprint density at radius 3 is 2.32 bits per heavy atom. The molecule has 0 aliphatic rings. The van der Waals surface area contributed by atoms with E-state index in [1.165, 1.54) is 7.11 Å². The van der Waals surface area contributed by atoms with Crippen molar-refractivity contribution in [3.63, 3.8) is 0 Å². The van der Waals surface area contributed by atoms with Gasteiger partial charge < -0.3 is 14.0 Å². The average molecular weight is 416 g/mol. The van der Waals surface area contributed by atoms with E-state index in [9.17, 15) is 9.59 Å². The topological polar surface area (TPSA) is 91.5 Å². The van der Waals surface area contributed by atoms with Gasteiger partial charge in [-0.05, 0) is 25.5 Å². The van der Waals surface area contributed by atoms with Gasteiger partial charge in [-0.15, -0.1) is 0 Å². The van der Waals surface area contributed by atoms with Crippen LogP contribution >= 0.6 is 0 Å². The summed E-state index contributed by atoms with van der Waals surface area (Å²) < 4.78 is 15.6. The normalized spacial score (nSPS) is 10.8. The van der Waals surface area contributed by atoms with Gasteiger partial charge >= 0.3 is 11.9 Å². The van der Waals surface area contributed by atoms with Gasteiger partial charge in [0.25, 0.3) is 0 Å². The van der Waals surface area contributed by atoms with Crippen LogP contribution in [0.25, 0.3) is 22.0 Å². The number of carbonyl (C=O) groups excluding carboxylic acids is 2. The summed E-state index contributed by atoms with van der Waals surface area (Å²) in [5.41, 5.74) is 3.47. The highest BCUT2D eigenvalue weighted by atomic mass is 16.5. The molecule has 0 atom stereocenters. The molecule has 0 bridgehead atoms. The highest BCUT2D eigenvalue weighted by Gasteiger charge is 2.25. The molecular formula is C24H20N2O5. The number of hydrogen-bond donors (Lipinski definition) is 0. The number of benzene rings is 2. The minimum Gasteiger partial charge on any atom is -0.465 e. The Morgan fingerprint density at radius 1 is 0.935 bits per heavy atom. The van der Waals surface area contributed by atoms with Gasteiger partial charge in [-0.1, -0.05) is 53.7 Å². The van der Waals surface area contributed by atoms with Crippen molar-refractivity contribution in [1.29, 1.82) is 0 Å². The number of aryl methyl sites for hydroxylation is 2. The molecule has 0 fully saturated rings. The van der Waals surface area contributed by atoms with Crippen LogP contribution < -0.4 is 0 Å². The average Bonchev–Trinajstić information content (AvgIpc) is 3.14. The van der Waals surface area contributed by atoms with Crippen LogP contribution in [0.4, 0.5) is 0 Å². The van der Waals surface area contributed by atoms with Gasteiger partial charge in [0.15, 0.2) is 0 Å². The molecule has 31 heavy (non-hydrogen) atoms. The largest absolute Gasteiger partial charge is 0.465 e. The first-order valence-electron chi connectivity index (χ1n) is 9.66. The Morgan fingerprint density at radius 2 is 1.65 bits per heavy atom. The van der Waals surface area contributed by atoms with Crippen molar-refractivity contribution in [2.75, 3.05) is 7.11 Å². The van der Waals surface area contributed by atoms with Gasteiger partial charge in [0.1, 0.15) is 17.9 Å². The second-order valence-corrected chi connectivity index (χ2v) is 6.96. The Hall–Kier alpha value is -4.00. The molecule has 0 aliphatic heterocycles. The number of rotatable bonds is 5. The maximum atomic E-state index is 12.8. The molecule has 0 N–H and O–H groups in total. The van der Waals surface area contributed by atoms with E-state index in [4.69, 9.17) is 14.0 Å². The minimum atomic E-state index is -0.594. The summed E-state index contributed by atoms with van der Waals surface area (Å²) in [6, 6.07) is 17.0. The van der Waals surface area contributed by atoms with E-state index < -0.39 is 11.9 Å². The van der Waals surface area contributed by atoms with Crippen LogP contribution in [0.1, 0.15) is 37.9 Å². The summed E-state index contributed by atoms with van der Waals surface area (Å²) in [5, 5.41) is 4.58. The predicted octanol–water partition coefficient (Wildman–Crippen LogP) is 4.65. The molecule has 4 rings (SSSR count). The monoisotopic (exact) mass is 416 g/mol. The van der Waals surface area contributed by atoms with Crippen LogP contribution in [-0.4, -0.2) is 29.2 Å². The maximum Gasteiger partial charge on any atom is 0.344 e. The van der Waals surface area contributed by atoms with E-state index >= 15 is 0 Å². The number of pyridine rings is 1. The number of aromatic nitrogens is 2. The van der Waals surface area contributed by atoms with Crippen molar-refractivity contribution in [2.24, 2.45) is 0 Å². The summed E-state index contributed by atoms with van der Waals surface area (Å²) in [6.45, 7) is 3.09. The van der Waals surface area contributed by atoms with Gasteiger partial charge in [0.05, 0.1) is 29.6 Å². The Labute approximate surface area is 178 Å². The zero-order valence-electron chi connectivity index (χ0n) is 17.3. The van der Waals surface area contributed by atoms with Crippen LogP contribution in [0.15, 0.2) is 59.1 Å². The predicted molar refractivity (Wildman–Crippen MR) is 114 cm³/mol. The molecule has 4 aromatic rings. The molecule has 0 unspecified atom stereocenters. The van der Waals surface area contributed by atoms with Crippen LogP contribution in [-0.2, 0) is 16.1 Å². The highest BCUT2D eigenvalue weighted by Crippen LogP contribution is 2.34. The SMILES string of the molecule is COC(=O)c1c(COC(=O)c2c(C)noc2C)nc2ccccc2c1-c1ccccc1. The quantitative estimate of drug-likeness (QED) is 0.437. The molecule has 0 saturated carbocycles. The van der Waals surface area contributed by atoms with Crippen LogP contribution in [0.2, 0.25) is 0 Å². The van der Waals surface area contributed by atoms with Crippen LogP contribution in [0, 0.1) is 13.8 Å². The van der Waals surface area contributed by atoms with E-state index in [0.717, 1.165) is 10.9 Å². The molecule has 7 heteroatoms. The molecule has 7 nitrogen and oxygen atoms in total. The lowest BCUT2D eigenvalue weighted by atomic mass is 9.94. The third-order valence-electron chi connectivity index (χ3n) is 5.00. The third kappa shape index (κ3) is 3.77. The van der Waals surface area contributed by atoms with E-state index in [2.05, 4.69) is 10.1 Å². The number of fused-ring (bicyclic) bond motifs is 1. The number of carbonyl (C=O) groups is 2. The van der Waals surface area contributed by atoms with Gasteiger partial charge in [0, 0.05) is 10.9 Å². The molecule has 2 aromatic heterocycles. The minimum absolute atomic E-state index is 0.210. The zero-order valence-corrected chi connectivity index (χ0v) is 17.3. The van der Waals surface area contributed by atoms with Gasteiger partial charge in [-0.2, -0.15) is 0 Å². The Kier molecular flexibility index (Phi) is 5.49. The molecule has 2 heterocycles. The summed E-state index contributed by atoms with van der Waals surface area (Å²) in [5.74, 6) is -0.782. The first-order chi connectivity index (χ1) is 15.0. The number of hydrogen-bond acceptors (Lipinski definition) is 7. The van der Waals surface area contributed by atoms with Crippen molar-refractivity contribution < 1.29 is 23.6 Å². The molecule has 0 aliphatic carbocycles. The van der Waals surface area contributed by atoms with E-state index in [-0.39, 0.29) is 17.7 Å². The second kappa shape index (κ2) is 8.39. The fourth-order valence-corrected chi connectivity index (χ4v) is 3.57. The lowest BCUT2D eigenvalue weighted by Gasteiger charge is -2.16. The van der Waals surface area contributed by atoms with Crippen LogP contribution in [0.3, 0.4) is 0 Å². The lowest BCUT2D eigenvalue weighted by Crippen LogP contribution is -2.14. The number of ether oxygens (including phenoxy) is 2. The fourth-order valence-electron chi connectivity index (χ4n) is 3.57. The third-order valence-corrected chi connectivity index (χ3v) is 5.00. The Bertz CT molecular complexity index is 1260. The van der Waals surface area contributed by atoms with Crippen molar-refractivity contribution in [3.8, 4) is 11.1 Å². The van der Waals surface area contributed by atoms with Crippen molar-refractivity contribution in [2.45, 2.75) is 20.5 Å². The summed E-state index contributed by atoms with van der Waals surface area (Å²) >= 11 is 0. The Balaban J connectivity index is 1.85. The smallest absolute Gasteiger partial charge is 0.344 e. The summed E-state index contributed by atoms with van der Waals surface area (Å²) in [4.78, 5) is 30.1. The molecule has 0 radical (unpaired) electrons. The molecule has 2 aromatic carbocycles. The van der Waals surface area contributed by atoms with Crippen LogP contribution in [0.5, 0.6) is 0 Å². The molecule has 0 saturated heterocycles. The highest BCUT2D eigenvalue weighted by molar-refractivity contribution is 6.07. The van der Waals surface area contributed by atoms with Crippen molar-refractivity contribution >= 4 is 22.8 Å². The van der Waals surface area contributed by atoms with E-state index in [1.54, 1.807) is 13.8 Å². The maximum absolute atomic E-state index is 12.8. The number of nitrogens with zero attached hydrogens (tertiary/aromatic N) is 2. The molecule has 156 valence electrons. The fraction of sp³-hybridized carbons (Fsp3) is 0.167. The van der Waals surface area contributed by atoms with Gasteiger partial charge in [-0.25, -0.2) is 14.6 Å². The number of methoxy groups -OCH3 is 1. The second-order valence-electron chi connectivity index (χ2n) is 6.96. The molecule has 0 spiro atoms. The van der Waals surface area contributed by atoms with Gasteiger partial charge in [0.2, 0.25) is 0 Å². The lowest BCUT2D eigenvalue weighted by molar-refractivity contribution is 0.0453. The molecular weight excluding hydrogens is 396 g/mol. The van der Waals surface area contributed by atoms with E-state index in [0.29, 0.717) is 28.2 Å². The standard InChI is InChI=1S/C24H20N2O5/c1-14-20(15(2)31-26-14)24(28)30-13-19-22(23(27)29-3)21(16-9-5-4-6-10-16)17-11-7-8-12-18(17)25-19/h4-12H,13H2,1-3H3. The number of para-hydroxylation sites is 1. The number of esters is 2. The van der Waals surface area contributed by atoms with Gasteiger partial charge in [-0.3, -0.25) is 0 Å².